The third-order valence-corrected chi connectivity index (χ3v) is 7.60. The van der Waals surface area contributed by atoms with Gasteiger partial charge in [-0.15, -0.1) is 0 Å². The average molecular weight is 499 g/mol. The molecule has 2 aromatic rings. The number of anilines is 1. The summed E-state index contributed by atoms with van der Waals surface area (Å²) in [5, 5.41) is 3.25. The lowest BCUT2D eigenvalue weighted by atomic mass is 10.2. The lowest BCUT2D eigenvalue weighted by Gasteiger charge is -2.20. The van der Waals surface area contributed by atoms with Crippen molar-refractivity contribution >= 4 is 50.8 Å². The molecule has 0 aliphatic carbocycles. The van der Waals surface area contributed by atoms with Crippen LogP contribution in [0.15, 0.2) is 47.4 Å². The maximum atomic E-state index is 12.8. The highest BCUT2D eigenvalue weighted by atomic mass is 35.5. The monoisotopic (exact) mass is 498 g/mol. The molecular formula is C22H24Cl2N2O5S. The molecule has 1 atom stereocenters. The molecule has 10 heteroatoms. The molecule has 1 fully saturated rings. The zero-order valence-corrected chi connectivity index (χ0v) is 19.8. The summed E-state index contributed by atoms with van der Waals surface area (Å²) in [6.45, 7) is 2.42. The number of nitrogens with zero attached hydrogens (tertiary/aromatic N) is 1. The van der Waals surface area contributed by atoms with Gasteiger partial charge in [0.05, 0.1) is 21.2 Å². The molecule has 0 saturated carbocycles. The Morgan fingerprint density at radius 3 is 2.22 bits per heavy atom. The number of nitrogens with one attached hydrogen (secondary N) is 1. The van der Waals surface area contributed by atoms with Gasteiger partial charge in [-0.1, -0.05) is 36.0 Å². The van der Waals surface area contributed by atoms with E-state index in [0.717, 1.165) is 25.7 Å². The number of sulfonamides is 1. The molecule has 0 spiro atoms. The molecule has 1 heterocycles. The first-order valence-electron chi connectivity index (χ1n) is 10.3. The smallest absolute Gasteiger partial charge is 0.338 e. The number of ether oxygens (including phenoxy) is 1. The van der Waals surface area contributed by atoms with E-state index in [-0.39, 0.29) is 15.5 Å². The highest BCUT2D eigenvalue weighted by Gasteiger charge is 2.26. The van der Waals surface area contributed by atoms with Crippen LogP contribution in [-0.2, 0) is 19.6 Å². The van der Waals surface area contributed by atoms with Crippen LogP contribution in [0.5, 0.6) is 0 Å². The SMILES string of the molecule is C[C@@H](OC(=O)c1ccc(S(=O)(=O)N2CCCCCC2)cc1)C(=O)Nc1ccc(Cl)cc1Cl. The van der Waals surface area contributed by atoms with Crippen molar-refractivity contribution in [3.05, 3.63) is 58.1 Å². The van der Waals surface area contributed by atoms with Crippen molar-refractivity contribution in [1.82, 2.24) is 4.31 Å². The van der Waals surface area contributed by atoms with Crippen LogP contribution in [0.2, 0.25) is 10.0 Å². The van der Waals surface area contributed by atoms with Crippen molar-refractivity contribution < 1.29 is 22.7 Å². The molecule has 0 aromatic heterocycles. The number of benzene rings is 2. The van der Waals surface area contributed by atoms with Crippen molar-refractivity contribution in [3.8, 4) is 0 Å². The summed E-state index contributed by atoms with van der Waals surface area (Å²) in [6.07, 6.45) is 2.62. The Labute approximate surface area is 197 Å². The molecule has 0 bridgehead atoms. The van der Waals surface area contributed by atoms with E-state index in [1.165, 1.54) is 41.6 Å². The fourth-order valence-corrected chi connectivity index (χ4v) is 5.27. The van der Waals surface area contributed by atoms with Gasteiger partial charge < -0.3 is 10.1 Å². The Kier molecular flexibility index (Phi) is 8.16. The first-order valence-corrected chi connectivity index (χ1v) is 12.4. The first kappa shape index (κ1) is 24.5. The van der Waals surface area contributed by atoms with Crippen LogP contribution >= 0.6 is 23.2 Å². The third kappa shape index (κ3) is 6.01. The van der Waals surface area contributed by atoms with Gasteiger partial charge in [-0.2, -0.15) is 4.31 Å². The molecule has 1 aliphatic heterocycles. The maximum absolute atomic E-state index is 12.8. The predicted octanol–water partition coefficient (Wildman–Crippen LogP) is 4.74. The van der Waals surface area contributed by atoms with Gasteiger partial charge in [0, 0.05) is 18.1 Å². The zero-order chi connectivity index (χ0) is 23.3. The molecular weight excluding hydrogens is 475 g/mol. The number of esters is 1. The number of halogens is 2. The van der Waals surface area contributed by atoms with Gasteiger partial charge in [0.25, 0.3) is 5.91 Å². The van der Waals surface area contributed by atoms with Gasteiger partial charge in [-0.05, 0) is 62.2 Å². The van der Waals surface area contributed by atoms with E-state index in [2.05, 4.69) is 5.32 Å². The number of amides is 1. The van der Waals surface area contributed by atoms with Crippen molar-refractivity contribution in [2.45, 2.75) is 43.6 Å². The Morgan fingerprint density at radius 1 is 1.00 bits per heavy atom. The van der Waals surface area contributed by atoms with Crippen LogP contribution in [-0.4, -0.2) is 43.8 Å². The fourth-order valence-electron chi connectivity index (χ4n) is 3.30. The molecule has 172 valence electrons. The number of hydrogen-bond donors (Lipinski definition) is 1. The summed E-state index contributed by atoms with van der Waals surface area (Å²) < 4.78 is 32.4. The minimum absolute atomic E-state index is 0.124. The predicted molar refractivity (Wildman–Crippen MR) is 124 cm³/mol. The van der Waals surface area contributed by atoms with Gasteiger partial charge >= 0.3 is 5.97 Å². The Hall–Kier alpha value is -2.13. The summed E-state index contributed by atoms with van der Waals surface area (Å²) in [4.78, 5) is 24.9. The standard InChI is InChI=1S/C22H24Cl2N2O5S/c1-15(21(27)25-20-11-8-17(23)14-19(20)24)31-22(28)16-6-9-18(10-7-16)32(29,30)26-12-4-2-3-5-13-26/h6-11,14-15H,2-5,12-13H2,1H3,(H,25,27)/t15-/m1/s1. The number of carbonyl (C=O) groups excluding carboxylic acids is 2. The maximum Gasteiger partial charge on any atom is 0.338 e. The van der Waals surface area contributed by atoms with E-state index < -0.39 is 28.0 Å². The molecule has 2 aromatic carbocycles. The number of carbonyl (C=O) groups is 2. The Bertz CT molecular complexity index is 1080. The van der Waals surface area contributed by atoms with Gasteiger partial charge in [-0.3, -0.25) is 4.79 Å². The second kappa shape index (κ2) is 10.7. The second-order valence-electron chi connectivity index (χ2n) is 7.50. The Balaban J connectivity index is 1.63. The number of rotatable bonds is 6. The van der Waals surface area contributed by atoms with E-state index in [0.29, 0.717) is 23.8 Å². The molecule has 1 saturated heterocycles. The highest BCUT2D eigenvalue weighted by Crippen LogP contribution is 2.26. The molecule has 32 heavy (non-hydrogen) atoms. The fraction of sp³-hybridized carbons (Fsp3) is 0.364. The minimum atomic E-state index is -3.61. The van der Waals surface area contributed by atoms with Gasteiger partial charge in [0.2, 0.25) is 10.0 Å². The van der Waals surface area contributed by atoms with Crippen molar-refractivity contribution in [1.29, 1.82) is 0 Å². The van der Waals surface area contributed by atoms with Crippen LogP contribution in [0.3, 0.4) is 0 Å². The van der Waals surface area contributed by atoms with E-state index >= 15 is 0 Å². The molecule has 7 nitrogen and oxygen atoms in total. The molecule has 0 unspecified atom stereocenters. The van der Waals surface area contributed by atoms with Gasteiger partial charge in [0.15, 0.2) is 6.10 Å². The van der Waals surface area contributed by atoms with Crippen LogP contribution < -0.4 is 5.32 Å². The molecule has 0 radical (unpaired) electrons. The number of hydrogen-bond acceptors (Lipinski definition) is 5. The van der Waals surface area contributed by atoms with E-state index in [9.17, 15) is 18.0 Å². The summed E-state index contributed by atoms with van der Waals surface area (Å²) in [7, 11) is -3.61. The van der Waals surface area contributed by atoms with Crippen LogP contribution in [0, 0.1) is 0 Å². The topological polar surface area (TPSA) is 92.8 Å². The quantitative estimate of drug-likeness (QED) is 0.580. The highest BCUT2D eigenvalue weighted by molar-refractivity contribution is 7.89. The summed E-state index contributed by atoms with van der Waals surface area (Å²) in [6, 6.07) is 10.1. The summed E-state index contributed by atoms with van der Waals surface area (Å²) in [5.74, 6) is -1.31. The average Bonchev–Trinajstić information content (AvgIpc) is 3.06. The van der Waals surface area contributed by atoms with Crippen LogP contribution in [0.4, 0.5) is 5.69 Å². The zero-order valence-electron chi connectivity index (χ0n) is 17.5. The summed E-state index contributed by atoms with van der Waals surface area (Å²) >= 11 is 11.9. The van der Waals surface area contributed by atoms with Crippen molar-refractivity contribution in [2.75, 3.05) is 18.4 Å². The van der Waals surface area contributed by atoms with E-state index in [1.54, 1.807) is 12.1 Å². The van der Waals surface area contributed by atoms with Crippen LogP contribution in [0.1, 0.15) is 43.0 Å². The molecule has 1 N–H and O–H groups in total. The van der Waals surface area contributed by atoms with Gasteiger partial charge in [0.1, 0.15) is 0 Å². The molecule has 3 rings (SSSR count). The molecule has 1 aliphatic rings. The van der Waals surface area contributed by atoms with Crippen molar-refractivity contribution in [2.24, 2.45) is 0 Å². The van der Waals surface area contributed by atoms with E-state index in [4.69, 9.17) is 27.9 Å². The van der Waals surface area contributed by atoms with E-state index in [1.807, 2.05) is 0 Å². The minimum Gasteiger partial charge on any atom is -0.449 e. The normalized spacial score (nSPS) is 16.1. The lowest BCUT2D eigenvalue weighted by molar-refractivity contribution is -0.123. The second-order valence-corrected chi connectivity index (χ2v) is 10.3. The van der Waals surface area contributed by atoms with Crippen molar-refractivity contribution in [3.63, 3.8) is 0 Å². The van der Waals surface area contributed by atoms with Crippen LogP contribution in [0.25, 0.3) is 0 Å². The largest absolute Gasteiger partial charge is 0.449 e. The first-order chi connectivity index (χ1) is 15.2. The van der Waals surface area contributed by atoms with Gasteiger partial charge in [-0.25, -0.2) is 13.2 Å². The molecule has 1 amide bonds. The third-order valence-electron chi connectivity index (χ3n) is 5.13. The lowest BCUT2D eigenvalue weighted by Crippen LogP contribution is -2.32. The Morgan fingerprint density at radius 2 is 1.62 bits per heavy atom. The summed E-state index contributed by atoms with van der Waals surface area (Å²) in [5.41, 5.74) is 0.482.